The van der Waals surface area contributed by atoms with Gasteiger partial charge in [0.2, 0.25) is 0 Å². The van der Waals surface area contributed by atoms with Crippen LogP contribution in [0.4, 0.5) is 17.1 Å². The van der Waals surface area contributed by atoms with Crippen LogP contribution in [0.25, 0.3) is 121 Å². The Hall–Kier alpha value is -9.76. The fourth-order valence-electron chi connectivity index (χ4n) is 11.3. The highest BCUT2D eigenvalue weighted by Crippen LogP contribution is 2.47. The van der Waals surface area contributed by atoms with Crippen molar-refractivity contribution in [2.75, 3.05) is 4.90 Å². The van der Waals surface area contributed by atoms with Crippen molar-refractivity contribution in [3.05, 3.63) is 285 Å². The van der Waals surface area contributed by atoms with Crippen LogP contribution in [0.2, 0.25) is 0 Å². The summed E-state index contributed by atoms with van der Waals surface area (Å²) in [4.78, 5) is 2.37. The van der Waals surface area contributed by atoms with Crippen LogP contribution in [0.1, 0.15) is 0 Å². The standard InChI is InChI=1S/C72H47NO/c1-3-17-53(18-4-1)70-66-27-10-9-25-63(66)64-45-40-56(47-68(64)71(70)54-19-5-2-6-20-54)55-22-13-23-59(46-55)73(58-43-38-52(39-44-58)62-29-15-30-67-65-26-11-12-31-69(65)74-72(62)67)57-41-36-49(37-42-57)48-32-34-51(35-33-48)61-28-14-21-50-16-7-8-24-60(50)61/h1-47H. The summed E-state index contributed by atoms with van der Waals surface area (Å²) in [5.41, 5.74) is 19.1. The van der Waals surface area contributed by atoms with Gasteiger partial charge in [-0.1, -0.05) is 237 Å². The van der Waals surface area contributed by atoms with Crippen LogP contribution in [-0.2, 0) is 0 Å². The summed E-state index contributed by atoms with van der Waals surface area (Å²) in [6, 6.07) is 103. The maximum Gasteiger partial charge on any atom is 0.143 e. The maximum absolute atomic E-state index is 6.50. The third-order valence-electron chi connectivity index (χ3n) is 14.9. The summed E-state index contributed by atoms with van der Waals surface area (Å²) in [5.74, 6) is 0. The quantitative estimate of drug-likeness (QED) is 0.134. The van der Waals surface area contributed by atoms with Gasteiger partial charge in [0.05, 0.1) is 0 Å². The van der Waals surface area contributed by atoms with Crippen molar-refractivity contribution in [1.82, 2.24) is 0 Å². The van der Waals surface area contributed by atoms with Crippen molar-refractivity contribution >= 4 is 71.3 Å². The minimum absolute atomic E-state index is 0.898. The normalized spacial score (nSPS) is 11.5. The van der Waals surface area contributed by atoms with E-state index < -0.39 is 0 Å². The zero-order valence-electron chi connectivity index (χ0n) is 40.5. The van der Waals surface area contributed by atoms with Gasteiger partial charge in [-0.15, -0.1) is 0 Å². The molecule has 1 heterocycles. The van der Waals surface area contributed by atoms with Crippen molar-refractivity contribution in [2.45, 2.75) is 0 Å². The molecule has 0 fully saturated rings. The molecule has 0 atom stereocenters. The smallest absolute Gasteiger partial charge is 0.143 e. The van der Waals surface area contributed by atoms with Gasteiger partial charge < -0.3 is 9.32 Å². The molecule has 0 aliphatic carbocycles. The van der Waals surface area contributed by atoms with E-state index in [0.717, 1.165) is 66.8 Å². The number of nitrogens with zero attached hydrogens (tertiary/aromatic N) is 1. The van der Waals surface area contributed by atoms with Crippen LogP contribution < -0.4 is 4.90 Å². The molecule has 0 N–H and O–H groups in total. The highest BCUT2D eigenvalue weighted by molar-refractivity contribution is 6.22. The van der Waals surface area contributed by atoms with E-state index in [1.54, 1.807) is 0 Å². The fourth-order valence-corrected chi connectivity index (χ4v) is 11.3. The molecule has 2 nitrogen and oxygen atoms in total. The van der Waals surface area contributed by atoms with E-state index in [4.69, 9.17) is 4.42 Å². The molecule has 2 heteroatoms. The number of fused-ring (bicyclic) bond motifs is 7. The summed E-state index contributed by atoms with van der Waals surface area (Å²) in [6.07, 6.45) is 0. The largest absolute Gasteiger partial charge is 0.455 e. The van der Waals surface area contributed by atoms with E-state index in [1.807, 2.05) is 12.1 Å². The first-order chi connectivity index (χ1) is 36.7. The van der Waals surface area contributed by atoms with Gasteiger partial charge in [0.25, 0.3) is 0 Å². The Balaban J connectivity index is 0.885. The highest BCUT2D eigenvalue weighted by atomic mass is 16.3. The van der Waals surface area contributed by atoms with Crippen LogP contribution in [-0.4, -0.2) is 0 Å². The van der Waals surface area contributed by atoms with Crippen LogP contribution in [0.15, 0.2) is 290 Å². The number of anilines is 3. The van der Waals surface area contributed by atoms with E-state index in [-0.39, 0.29) is 0 Å². The van der Waals surface area contributed by atoms with Gasteiger partial charge in [0.15, 0.2) is 0 Å². The monoisotopic (exact) mass is 941 g/mol. The average Bonchev–Trinajstić information content (AvgIpc) is 3.88. The zero-order chi connectivity index (χ0) is 49.0. The molecule has 0 unspecified atom stereocenters. The second-order valence-corrected chi connectivity index (χ2v) is 19.2. The molecule has 1 aromatic heterocycles. The van der Waals surface area contributed by atoms with Crippen LogP contribution in [0.5, 0.6) is 0 Å². The summed E-state index contributed by atoms with van der Waals surface area (Å²) in [7, 11) is 0. The molecule has 0 aliphatic heterocycles. The summed E-state index contributed by atoms with van der Waals surface area (Å²) in [6.45, 7) is 0. The van der Waals surface area contributed by atoms with E-state index >= 15 is 0 Å². The van der Waals surface area contributed by atoms with E-state index in [0.29, 0.717) is 0 Å². The molecule has 13 aromatic carbocycles. The Bertz CT molecular complexity index is 4380. The van der Waals surface area contributed by atoms with E-state index in [1.165, 1.54) is 71.3 Å². The van der Waals surface area contributed by atoms with Crippen molar-refractivity contribution < 1.29 is 4.42 Å². The third-order valence-corrected chi connectivity index (χ3v) is 14.9. The molecule has 0 amide bonds. The zero-order valence-corrected chi connectivity index (χ0v) is 40.5. The first-order valence-corrected chi connectivity index (χ1v) is 25.4. The van der Waals surface area contributed by atoms with Crippen LogP contribution in [0, 0.1) is 0 Å². The lowest BCUT2D eigenvalue weighted by Gasteiger charge is -2.26. The van der Waals surface area contributed by atoms with Crippen molar-refractivity contribution in [3.8, 4) is 66.8 Å². The molecule has 0 bridgehead atoms. The number of benzene rings is 13. The Morgan fingerprint density at radius 2 is 0.689 bits per heavy atom. The Kier molecular flexibility index (Phi) is 10.6. The first-order valence-electron chi connectivity index (χ1n) is 25.4. The SMILES string of the molecule is c1ccc(-c2c(-c3ccccc3)c3cc(-c4cccc(N(c5ccc(-c6ccc(-c7cccc8ccccc78)cc6)cc5)c5ccc(-c6cccc7c6oc6ccccc67)cc5)c4)ccc3c3ccccc23)cc1. The first kappa shape index (κ1) is 43.1. The number of furan rings is 1. The maximum atomic E-state index is 6.50. The minimum atomic E-state index is 0.898. The molecule has 0 radical (unpaired) electrons. The Labute approximate surface area is 430 Å². The highest BCUT2D eigenvalue weighted by Gasteiger charge is 2.20. The molecule has 0 aliphatic rings. The summed E-state index contributed by atoms with van der Waals surface area (Å²) >= 11 is 0. The summed E-state index contributed by atoms with van der Waals surface area (Å²) in [5, 5.41) is 9.72. The predicted molar refractivity (Wildman–Crippen MR) is 314 cm³/mol. The fraction of sp³-hybridized carbons (Fsp3) is 0. The number of para-hydroxylation sites is 2. The van der Waals surface area contributed by atoms with Gasteiger partial charge in [-0.05, 0) is 142 Å². The van der Waals surface area contributed by atoms with Crippen LogP contribution >= 0.6 is 0 Å². The molecular weight excluding hydrogens is 895 g/mol. The van der Waals surface area contributed by atoms with Gasteiger partial charge >= 0.3 is 0 Å². The van der Waals surface area contributed by atoms with Crippen LogP contribution in [0.3, 0.4) is 0 Å². The van der Waals surface area contributed by atoms with Crippen molar-refractivity contribution in [1.29, 1.82) is 0 Å². The van der Waals surface area contributed by atoms with Gasteiger partial charge in [0, 0.05) is 33.4 Å². The second kappa shape index (κ2) is 18.1. The third kappa shape index (κ3) is 7.52. The molecule has 0 spiro atoms. The molecular formula is C72H47NO. The van der Waals surface area contributed by atoms with Gasteiger partial charge in [-0.3, -0.25) is 0 Å². The molecule has 14 rings (SSSR count). The summed E-state index contributed by atoms with van der Waals surface area (Å²) < 4.78 is 6.50. The number of rotatable bonds is 9. The molecule has 346 valence electrons. The molecule has 14 aromatic rings. The van der Waals surface area contributed by atoms with Crippen molar-refractivity contribution in [3.63, 3.8) is 0 Å². The van der Waals surface area contributed by atoms with Gasteiger partial charge in [0.1, 0.15) is 11.2 Å². The Morgan fingerprint density at radius 1 is 0.230 bits per heavy atom. The molecule has 0 saturated carbocycles. The van der Waals surface area contributed by atoms with E-state index in [2.05, 4.69) is 278 Å². The van der Waals surface area contributed by atoms with Crippen molar-refractivity contribution in [2.24, 2.45) is 0 Å². The number of hydrogen-bond acceptors (Lipinski definition) is 2. The predicted octanol–water partition coefficient (Wildman–Crippen LogP) is 20.5. The Morgan fingerprint density at radius 3 is 1.42 bits per heavy atom. The molecule has 74 heavy (non-hydrogen) atoms. The molecule has 0 saturated heterocycles. The lowest BCUT2D eigenvalue weighted by atomic mass is 9.84. The lowest BCUT2D eigenvalue weighted by Crippen LogP contribution is -2.10. The average molecular weight is 942 g/mol. The minimum Gasteiger partial charge on any atom is -0.455 e. The number of hydrogen-bond donors (Lipinski definition) is 0. The van der Waals surface area contributed by atoms with Gasteiger partial charge in [-0.2, -0.15) is 0 Å². The second-order valence-electron chi connectivity index (χ2n) is 19.2. The van der Waals surface area contributed by atoms with Gasteiger partial charge in [-0.25, -0.2) is 0 Å². The van der Waals surface area contributed by atoms with E-state index in [9.17, 15) is 0 Å². The lowest BCUT2D eigenvalue weighted by molar-refractivity contribution is 0.670. The topological polar surface area (TPSA) is 16.4 Å².